The first kappa shape index (κ1) is 40.8. The Morgan fingerprint density at radius 2 is 0.667 bits per heavy atom. The Hall–Kier alpha value is 0.0200. The topological polar surface area (TPSA) is 0 Å². The summed E-state index contributed by atoms with van der Waals surface area (Å²) in [5.41, 5.74) is 3.08. The van der Waals surface area contributed by atoms with E-state index in [0.717, 1.165) is 0 Å². The number of fused-ring (bicyclic) bond motifs is 1. The number of hydrogen-bond acceptors (Lipinski definition) is 4. The van der Waals surface area contributed by atoms with Crippen molar-refractivity contribution in [1.82, 2.24) is 0 Å². The largest absolute Gasteiger partial charge is 0.133 e. The Balaban J connectivity index is 1.18. The number of unbranched alkanes of at least 4 members (excludes halogenated alkanes) is 22. The summed E-state index contributed by atoms with van der Waals surface area (Å²) < 4.78 is 5.45. The van der Waals surface area contributed by atoms with Crippen LogP contribution >= 0.6 is 77.2 Å². The van der Waals surface area contributed by atoms with Crippen LogP contribution in [0.1, 0.15) is 179 Å². The molecule has 48 heavy (non-hydrogen) atoms. The molecule has 0 N–H and O–H groups in total. The number of aryl methyl sites for hydroxylation is 2. The van der Waals surface area contributed by atoms with Crippen LogP contribution in [0.4, 0.5) is 0 Å². The van der Waals surface area contributed by atoms with Crippen LogP contribution in [-0.2, 0) is 12.8 Å². The summed E-state index contributed by atoms with van der Waals surface area (Å²) in [6.45, 7) is 4.61. The van der Waals surface area contributed by atoms with E-state index in [0.29, 0.717) is 0 Å². The molecule has 0 radical (unpaired) electrons. The van der Waals surface area contributed by atoms with Gasteiger partial charge < -0.3 is 0 Å². The van der Waals surface area contributed by atoms with Gasteiger partial charge in [0, 0.05) is 28.9 Å². The van der Waals surface area contributed by atoms with E-state index < -0.39 is 0 Å². The zero-order chi connectivity index (χ0) is 33.8. The minimum Gasteiger partial charge on any atom is -0.133 e. The Morgan fingerprint density at radius 1 is 0.375 bits per heavy atom. The molecular formula is C42H62Br2S4. The normalized spacial score (nSPS) is 11.8. The second-order valence-electron chi connectivity index (χ2n) is 14.0. The van der Waals surface area contributed by atoms with E-state index in [1.807, 2.05) is 45.3 Å². The lowest BCUT2D eigenvalue weighted by Gasteiger charge is -2.04. The van der Waals surface area contributed by atoms with Crippen LogP contribution in [0.2, 0.25) is 0 Å². The average molecular weight is 855 g/mol. The quantitative estimate of drug-likeness (QED) is 0.0499. The number of hydrogen-bond donors (Lipinski definition) is 0. The highest BCUT2D eigenvalue weighted by Crippen LogP contribution is 2.48. The Kier molecular flexibility index (Phi) is 20.6. The van der Waals surface area contributed by atoms with Crippen molar-refractivity contribution in [2.75, 3.05) is 0 Å². The molecule has 0 aliphatic heterocycles. The van der Waals surface area contributed by atoms with Crippen molar-refractivity contribution >= 4 is 86.6 Å². The van der Waals surface area contributed by atoms with E-state index in [4.69, 9.17) is 0 Å². The molecule has 4 aromatic heterocycles. The van der Waals surface area contributed by atoms with Crippen LogP contribution in [0, 0.1) is 0 Å². The van der Waals surface area contributed by atoms with E-state index in [1.54, 1.807) is 11.1 Å². The Morgan fingerprint density at radius 3 is 0.979 bits per heavy atom. The van der Waals surface area contributed by atoms with Crippen molar-refractivity contribution < 1.29 is 0 Å². The molecule has 0 fully saturated rings. The van der Waals surface area contributed by atoms with E-state index in [2.05, 4.69) is 70.0 Å². The summed E-state index contributed by atoms with van der Waals surface area (Å²) in [5.74, 6) is 0. The molecule has 0 bridgehead atoms. The zero-order valence-corrected chi connectivity index (χ0v) is 36.5. The standard InChI is InChI=1S/C42H62Br2S4/c1-3-5-7-9-11-13-15-17-19-21-23-25-27-33-29-39(43)47-41(33)37-31-35-36(45-37)32-38(46-35)42-34(30-40(44)48-42)28-26-24-22-20-18-16-14-12-10-8-6-4-2/h29-32H,3-28H2,1-2H3. The van der Waals surface area contributed by atoms with Gasteiger partial charge in [0.15, 0.2) is 0 Å². The van der Waals surface area contributed by atoms with Gasteiger partial charge in [0.2, 0.25) is 0 Å². The summed E-state index contributed by atoms with van der Waals surface area (Å²) in [4.78, 5) is 5.89. The SMILES string of the molecule is CCCCCCCCCCCCCCc1cc(Br)sc1-c1cc2sc(-c3sc(Br)cc3CCCCCCCCCCCCCC)cc2s1. The lowest BCUT2D eigenvalue weighted by atomic mass is 10.0. The molecule has 0 aromatic carbocycles. The summed E-state index contributed by atoms with van der Waals surface area (Å²) in [6.07, 6.45) is 36.2. The molecule has 4 rings (SSSR count). The fraction of sp³-hybridized carbons (Fsp3) is 0.667. The highest BCUT2D eigenvalue weighted by atomic mass is 79.9. The first-order valence-corrected chi connectivity index (χ1v) is 24.5. The van der Waals surface area contributed by atoms with Crippen molar-refractivity contribution in [3.63, 3.8) is 0 Å². The molecule has 0 aliphatic carbocycles. The van der Waals surface area contributed by atoms with Gasteiger partial charge in [-0.1, -0.05) is 155 Å². The van der Waals surface area contributed by atoms with Crippen LogP contribution in [0.15, 0.2) is 31.8 Å². The van der Waals surface area contributed by atoms with Gasteiger partial charge in [-0.3, -0.25) is 0 Å². The molecule has 0 amide bonds. The Labute approximate surface area is 327 Å². The number of halogens is 2. The summed E-state index contributed by atoms with van der Waals surface area (Å²) >= 11 is 15.5. The molecule has 6 heteroatoms. The van der Waals surface area contributed by atoms with Crippen LogP contribution in [-0.4, -0.2) is 0 Å². The molecule has 268 valence electrons. The monoisotopic (exact) mass is 852 g/mol. The van der Waals surface area contributed by atoms with Crippen molar-refractivity contribution in [2.24, 2.45) is 0 Å². The van der Waals surface area contributed by atoms with Crippen LogP contribution in [0.25, 0.3) is 28.9 Å². The predicted octanol–water partition coefficient (Wildman–Crippen LogP) is 18.4. The van der Waals surface area contributed by atoms with Gasteiger partial charge >= 0.3 is 0 Å². The van der Waals surface area contributed by atoms with Gasteiger partial charge in [-0.25, -0.2) is 0 Å². The van der Waals surface area contributed by atoms with E-state index >= 15 is 0 Å². The maximum absolute atomic E-state index is 3.82. The van der Waals surface area contributed by atoms with E-state index in [1.165, 1.54) is 203 Å². The van der Waals surface area contributed by atoms with E-state index in [9.17, 15) is 0 Å². The van der Waals surface area contributed by atoms with Gasteiger partial charge in [0.05, 0.1) is 7.57 Å². The molecule has 0 spiro atoms. The second-order valence-corrected chi connectivity index (χ2v) is 21.1. The maximum Gasteiger partial charge on any atom is 0.0708 e. The third-order valence-corrected chi connectivity index (χ3v) is 15.8. The first-order valence-electron chi connectivity index (χ1n) is 19.7. The second kappa shape index (κ2) is 24.3. The van der Waals surface area contributed by atoms with Crippen molar-refractivity contribution in [3.05, 3.63) is 43.0 Å². The summed E-state index contributed by atoms with van der Waals surface area (Å²) in [6, 6.07) is 9.74. The highest BCUT2D eigenvalue weighted by Gasteiger charge is 2.18. The molecule has 4 heterocycles. The van der Waals surface area contributed by atoms with Crippen LogP contribution in [0.3, 0.4) is 0 Å². The molecule has 0 saturated carbocycles. The molecule has 0 nitrogen and oxygen atoms in total. The summed E-state index contributed by atoms with van der Waals surface area (Å²) in [7, 11) is 0. The van der Waals surface area contributed by atoms with Gasteiger partial charge in [0.1, 0.15) is 0 Å². The Bertz CT molecular complexity index is 1270. The third-order valence-electron chi connectivity index (χ3n) is 9.81. The van der Waals surface area contributed by atoms with Gasteiger partial charge in [-0.05, 0) is 92.9 Å². The minimum absolute atomic E-state index is 1.21. The lowest BCUT2D eigenvalue weighted by Crippen LogP contribution is -1.87. The number of thiophene rings is 4. The molecule has 0 unspecified atom stereocenters. The minimum atomic E-state index is 1.21. The lowest BCUT2D eigenvalue weighted by molar-refractivity contribution is 0.544. The van der Waals surface area contributed by atoms with E-state index in [-0.39, 0.29) is 0 Å². The van der Waals surface area contributed by atoms with Gasteiger partial charge in [-0.2, -0.15) is 0 Å². The third kappa shape index (κ3) is 14.6. The van der Waals surface area contributed by atoms with Crippen LogP contribution < -0.4 is 0 Å². The molecule has 4 aromatic rings. The smallest absolute Gasteiger partial charge is 0.0708 e. The molecule has 0 aliphatic rings. The summed E-state index contributed by atoms with van der Waals surface area (Å²) in [5, 5.41) is 0. The maximum atomic E-state index is 3.82. The zero-order valence-electron chi connectivity index (χ0n) is 30.1. The van der Waals surface area contributed by atoms with Crippen molar-refractivity contribution in [2.45, 2.75) is 181 Å². The first-order chi connectivity index (χ1) is 23.6. The molecular weight excluding hydrogens is 793 g/mol. The molecule has 0 atom stereocenters. The predicted molar refractivity (Wildman–Crippen MR) is 231 cm³/mol. The average Bonchev–Trinajstić information content (AvgIpc) is 3.84. The fourth-order valence-corrected chi connectivity index (χ4v) is 13.0. The molecule has 0 saturated heterocycles. The van der Waals surface area contributed by atoms with Crippen LogP contribution in [0.5, 0.6) is 0 Å². The van der Waals surface area contributed by atoms with Gasteiger partial charge in [0.25, 0.3) is 0 Å². The highest BCUT2D eigenvalue weighted by molar-refractivity contribution is 9.11. The van der Waals surface area contributed by atoms with Crippen molar-refractivity contribution in [3.8, 4) is 19.5 Å². The van der Waals surface area contributed by atoms with Crippen molar-refractivity contribution in [1.29, 1.82) is 0 Å². The number of rotatable bonds is 28. The van der Waals surface area contributed by atoms with Gasteiger partial charge in [-0.15, -0.1) is 45.3 Å². The fourth-order valence-electron chi connectivity index (χ4n) is 6.95.